The van der Waals surface area contributed by atoms with Crippen LogP contribution in [0.2, 0.25) is 0 Å². The van der Waals surface area contributed by atoms with E-state index in [1.54, 1.807) is 18.4 Å². The number of ether oxygens (including phenoxy) is 2. The number of carbonyl (C=O) groups excluding carboxylic acids is 2. The van der Waals surface area contributed by atoms with Gasteiger partial charge in [-0.3, -0.25) is 14.5 Å². The first kappa shape index (κ1) is 20.3. The predicted octanol–water partition coefficient (Wildman–Crippen LogP) is 2.50. The molecule has 1 N–H and O–H groups in total. The zero-order chi connectivity index (χ0) is 20.1. The van der Waals surface area contributed by atoms with E-state index in [0.717, 1.165) is 22.7 Å². The fraction of sp³-hybridized carbons (Fsp3) is 0.450. The number of nitrogens with zero attached hydrogens (tertiary/aromatic N) is 2. The summed E-state index contributed by atoms with van der Waals surface area (Å²) < 4.78 is 10.6. The molecule has 0 unspecified atom stereocenters. The Morgan fingerprint density at radius 2 is 2.25 bits per heavy atom. The summed E-state index contributed by atoms with van der Waals surface area (Å²) in [6.45, 7) is 5.16. The molecule has 0 radical (unpaired) electrons. The lowest BCUT2D eigenvalue weighted by Crippen LogP contribution is -2.45. The highest BCUT2D eigenvalue weighted by Gasteiger charge is 2.28. The highest BCUT2D eigenvalue weighted by atomic mass is 32.1. The van der Waals surface area contributed by atoms with E-state index in [0.29, 0.717) is 30.5 Å². The lowest BCUT2D eigenvalue weighted by molar-refractivity contribution is -0.125. The second-order valence-corrected chi connectivity index (χ2v) is 7.96. The molecule has 7 nitrogen and oxygen atoms in total. The number of methoxy groups -OCH3 is 1. The van der Waals surface area contributed by atoms with Crippen LogP contribution in [-0.4, -0.2) is 50.2 Å². The van der Waals surface area contributed by atoms with Crippen LogP contribution in [0.15, 0.2) is 23.6 Å². The molecule has 1 aliphatic heterocycles. The Bertz CT molecular complexity index is 850. The predicted molar refractivity (Wildman–Crippen MR) is 109 cm³/mol. The van der Waals surface area contributed by atoms with Crippen LogP contribution in [-0.2, 0) is 20.7 Å². The van der Waals surface area contributed by atoms with Gasteiger partial charge in [0.2, 0.25) is 5.91 Å². The van der Waals surface area contributed by atoms with Crippen LogP contribution < -0.4 is 15.0 Å². The number of hydrogen-bond donors (Lipinski definition) is 1. The van der Waals surface area contributed by atoms with Gasteiger partial charge < -0.3 is 14.8 Å². The Morgan fingerprint density at radius 3 is 3.00 bits per heavy atom. The molecule has 0 aliphatic carbocycles. The van der Waals surface area contributed by atoms with Gasteiger partial charge in [0, 0.05) is 31.0 Å². The summed E-state index contributed by atoms with van der Waals surface area (Å²) in [7, 11) is 1.67. The van der Waals surface area contributed by atoms with Gasteiger partial charge in [-0.25, -0.2) is 4.98 Å². The van der Waals surface area contributed by atoms with Gasteiger partial charge >= 0.3 is 0 Å². The molecule has 2 aromatic rings. The van der Waals surface area contributed by atoms with Crippen LogP contribution in [0.25, 0.3) is 11.3 Å². The fourth-order valence-corrected chi connectivity index (χ4v) is 3.59. The number of nitrogens with one attached hydrogen (secondary N) is 1. The summed E-state index contributed by atoms with van der Waals surface area (Å²) in [6, 6.07) is 5.60. The summed E-state index contributed by atoms with van der Waals surface area (Å²) in [5.41, 5.74) is 2.31. The lowest BCUT2D eigenvalue weighted by Gasteiger charge is -2.29. The van der Waals surface area contributed by atoms with Gasteiger partial charge in [-0.15, -0.1) is 11.3 Å². The lowest BCUT2D eigenvalue weighted by atomic mass is 10.1. The van der Waals surface area contributed by atoms with Gasteiger partial charge in [0.25, 0.3) is 5.91 Å². The topological polar surface area (TPSA) is 80.8 Å². The van der Waals surface area contributed by atoms with Crippen LogP contribution >= 0.6 is 11.3 Å². The Hall–Kier alpha value is -2.45. The Labute approximate surface area is 168 Å². The number of rotatable bonds is 8. The molecule has 2 amide bonds. The van der Waals surface area contributed by atoms with Gasteiger partial charge in [0.15, 0.2) is 6.61 Å². The summed E-state index contributed by atoms with van der Waals surface area (Å²) in [5.74, 6) is 0.522. The van der Waals surface area contributed by atoms with Crippen LogP contribution in [0.4, 0.5) is 5.69 Å². The summed E-state index contributed by atoms with van der Waals surface area (Å²) in [6.07, 6.45) is 0.760. The Balaban J connectivity index is 1.81. The quantitative estimate of drug-likeness (QED) is 0.732. The number of amides is 2. The molecule has 0 saturated heterocycles. The Kier molecular flexibility index (Phi) is 6.64. The van der Waals surface area contributed by atoms with E-state index in [9.17, 15) is 9.59 Å². The molecule has 1 aliphatic rings. The van der Waals surface area contributed by atoms with Crippen LogP contribution in [0.5, 0.6) is 5.75 Å². The van der Waals surface area contributed by atoms with Gasteiger partial charge in [-0.05, 0) is 24.1 Å². The third kappa shape index (κ3) is 4.88. The standard InChI is InChI=1S/C20H25N3O4S/c1-13(2)9-21-18(24)10-23-16-8-14(4-5-17(16)27-11-20(23)25)15-12-28-19(22-15)6-7-26-3/h4-5,8,12-13H,6-7,9-11H2,1-3H3,(H,21,24). The van der Waals surface area contributed by atoms with Gasteiger partial charge in [0.05, 0.1) is 23.0 Å². The summed E-state index contributed by atoms with van der Waals surface area (Å²) >= 11 is 1.58. The molecule has 0 atom stereocenters. The molecule has 150 valence electrons. The average molecular weight is 404 g/mol. The van der Waals surface area contributed by atoms with Gasteiger partial charge in [-0.2, -0.15) is 0 Å². The first-order valence-corrected chi connectivity index (χ1v) is 10.1. The maximum Gasteiger partial charge on any atom is 0.265 e. The van der Waals surface area contributed by atoms with E-state index >= 15 is 0 Å². The van der Waals surface area contributed by atoms with E-state index in [4.69, 9.17) is 9.47 Å². The van der Waals surface area contributed by atoms with Crippen LogP contribution in [0.3, 0.4) is 0 Å². The normalized spacial score (nSPS) is 13.4. The molecular weight excluding hydrogens is 378 g/mol. The number of carbonyl (C=O) groups is 2. The van der Waals surface area contributed by atoms with Crippen molar-refractivity contribution in [2.75, 3.05) is 38.3 Å². The monoisotopic (exact) mass is 403 g/mol. The van der Waals surface area contributed by atoms with Crippen molar-refractivity contribution in [2.45, 2.75) is 20.3 Å². The second kappa shape index (κ2) is 9.16. The SMILES string of the molecule is COCCc1nc(-c2ccc3c(c2)N(CC(=O)NCC(C)C)C(=O)CO3)cs1. The second-order valence-electron chi connectivity index (χ2n) is 7.02. The van der Waals surface area contributed by atoms with Crippen molar-refractivity contribution < 1.29 is 19.1 Å². The van der Waals surface area contributed by atoms with Crippen molar-refractivity contribution in [1.29, 1.82) is 0 Å². The number of aromatic nitrogens is 1. The minimum atomic E-state index is -0.233. The van der Waals surface area contributed by atoms with Crippen LogP contribution in [0, 0.1) is 5.92 Å². The van der Waals surface area contributed by atoms with Crippen molar-refractivity contribution >= 4 is 28.8 Å². The third-order valence-corrected chi connectivity index (χ3v) is 5.19. The molecule has 0 spiro atoms. The number of fused-ring (bicyclic) bond motifs is 1. The van der Waals surface area contributed by atoms with E-state index in [1.807, 2.05) is 37.4 Å². The number of hydrogen-bond acceptors (Lipinski definition) is 6. The van der Waals surface area contributed by atoms with E-state index in [1.165, 1.54) is 4.90 Å². The highest BCUT2D eigenvalue weighted by Crippen LogP contribution is 2.36. The van der Waals surface area contributed by atoms with E-state index < -0.39 is 0 Å². The van der Waals surface area contributed by atoms with Crippen molar-refractivity contribution in [1.82, 2.24) is 10.3 Å². The minimum Gasteiger partial charge on any atom is -0.482 e. The maximum absolute atomic E-state index is 12.4. The zero-order valence-corrected chi connectivity index (χ0v) is 17.2. The molecule has 2 heterocycles. The first-order valence-electron chi connectivity index (χ1n) is 9.25. The largest absolute Gasteiger partial charge is 0.482 e. The van der Waals surface area contributed by atoms with Gasteiger partial charge in [-0.1, -0.05) is 13.8 Å². The molecule has 1 aromatic carbocycles. The van der Waals surface area contributed by atoms with Crippen molar-refractivity contribution in [2.24, 2.45) is 5.92 Å². The molecule has 3 rings (SSSR count). The molecule has 0 bridgehead atoms. The molecular formula is C20H25N3O4S. The zero-order valence-electron chi connectivity index (χ0n) is 16.4. The Morgan fingerprint density at radius 1 is 1.43 bits per heavy atom. The molecule has 8 heteroatoms. The van der Waals surface area contributed by atoms with Gasteiger partial charge in [0.1, 0.15) is 12.3 Å². The first-order chi connectivity index (χ1) is 13.5. The van der Waals surface area contributed by atoms with Crippen molar-refractivity contribution in [3.8, 4) is 17.0 Å². The molecule has 0 saturated carbocycles. The average Bonchev–Trinajstić information content (AvgIpc) is 3.15. The smallest absolute Gasteiger partial charge is 0.265 e. The highest BCUT2D eigenvalue weighted by molar-refractivity contribution is 7.09. The summed E-state index contributed by atoms with van der Waals surface area (Å²) in [4.78, 5) is 30.8. The molecule has 1 aromatic heterocycles. The third-order valence-electron chi connectivity index (χ3n) is 4.28. The maximum atomic E-state index is 12.4. The van der Waals surface area contributed by atoms with Crippen molar-refractivity contribution in [3.63, 3.8) is 0 Å². The molecule has 28 heavy (non-hydrogen) atoms. The fourth-order valence-electron chi connectivity index (χ4n) is 2.80. The number of thiazole rings is 1. The van der Waals surface area contributed by atoms with E-state index in [2.05, 4.69) is 10.3 Å². The number of benzene rings is 1. The molecule has 0 fully saturated rings. The minimum absolute atomic E-state index is 0.0263. The van der Waals surface area contributed by atoms with E-state index in [-0.39, 0.29) is 25.0 Å². The van der Waals surface area contributed by atoms with Crippen LogP contribution in [0.1, 0.15) is 18.9 Å². The van der Waals surface area contributed by atoms with Crippen molar-refractivity contribution in [3.05, 3.63) is 28.6 Å². The number of anilines is 1. The summed E-state index contributed by atoms with van der Waals surface area (Å²) in [5, 5.41) is 5.83.